The summed E-state index contributed by atoms with van der Waals surface area (Å²) in [6.07, 6.45) is 6.31. The van der Waals surface area contributed by atoms with Gasteiger partial charge in [-0.05, 0) is 37.0 Å². The van der Waals surface area contributed by atoms with Crippen LogP contribution in [-0.4, -0.2) is 37.3 Å². The van der Waals surface area contributed by atoms with Crippen molar-refractivity contribution in [2.45, 2.75) is 31.8 Å². The second-order valence-electron chi connectivity index (χ2n) is 6.42. The van der Waals surface area contributed by atoms with E-state index in [2.05, 4.69) is 15.3 Å². The lowest BCUT2D eigenvalue weighted by Gasteiger charge is -2.33. The van der Waals surface area contributed by atoms with E-state index in [1.165, 1.54) is 16.8 Å². The largest absolute Gasteiger partial charge is 0.328 e. The first-order chi connectivity index (χ1) is 13.1. The molecule has 3 aromatic rings. The first-order valence-corrected chi connectivity index (χ1v) is 9.92. The number of thiazole rings is 1. The number of hydrogen-bond donors (Lipinski definition) is 0. The molecule has 140 valence electrons. The van der Waals surface area contributed by atoms with Crippen LogP contribution < -0.4 is 0 Å². The zero-order valence-electron chi connectivity index (χ0n) is 14.4. The Balaban J connectivity index is 1.52. The maximum Gasteiger partial charge on any atom is 0.276 e. The van der Waals surface area contributed by atoms with Gasteiger partial charge in [0.2, 0.25) is 0 Å². The highest BCUT2D eigenvalue weighted by Gasteiger charge is 2.31. The molecule has 1 aromatic carbocycles. The third-order valence-corrected chi connectivity index (χ3v) is 5.83. The summed E-state index contributed by atoms with van der Waals surface area (Å²) in [6.45, 7) is 0.995. The van der Waals surface area contributed by atoms with Crippen LogP contribution in [0.15, 0.2) is 36.0 Å². The molecule has 0 N–H and O–H groups in total. The van der Waals surface area contributed by atoms with Crippen LogP contribution >= 0.6 is 22.9 Å². The smallest absolute Gasteiger partial charge is 0.276 e. The minimum absolute atomic E-state index is 0.0112. The minimum Gasteiger partial charge on any atom is -0.328 e. The number of likely N-dealkylation sites (tertiary alicyclic amines) is 1. The molecule has 0 unspecified atom stereocenters. The molecule has 1 aliphatic rings. The van der Waals surface area contributed by atoms with Crippen LogP contribution in [0.25, 0.3) is 0 Å². The summed E-state index contributed by atoms with van der Waals surface area (Å²) in [4.78, 5) is 19.2. The topological polar surface area (TPSA) is 63.9 Å². The molecule has 1 atom stereocenters. The number of carbonyl (C=O) groups excluding carboxylic acids is 1. The van der Waals surface area contributed by atoms with Crippen molar-refractivity contribution in [2.75, 3.05) is 6.54 Å². The van der Waals surface area contributed by atoms with Gasteiger partial charge in [-0.25, -0.2) is 14.1 Å². The molecule has 4 rings (SSSR count). The Labute approximate surface area is 164 Å². The molecule has 1 amide bonds. The molecule has 6 nitrogen and oxygen atoms in total. The number of benzene rings is 1. The monoisotopic (exact) mass is 405 g/mol. The molecule has 27 heavy (non-hydrogen) atoms. The summed E-state index contributed by atoms with van der Waals surface area (Å²) in [5.74, 6) is -0.539. The lowest BCUT2D eigenvalue weighted by Crippen LogP contribution is -2.38. The van der Waals surface area contributed by atoms with Crippen molar-refractivity contribution >= 4 is 28.8 Å². The van der Waals surface area contributed by atoms with Gasteiger partial charge in [-0.2, -0.15) is 0 Å². The molecule has 3 heterocycles. The van der Waals surface area contributed by atoms with Gasteiger partial charge in [-0.3, -0.25) is 4.79 Å². The molecule has 1 saturated heterocycles. The Kier molecular flexibility index (Phi) is 5.18. The lowest BCUT2D eigenvalue weighted by atomic mass is 10.0. The minimum atomic E-state index is -0.392. The molecule has 0 radical (unpaired) electrons. The van der Waals surface area contributed by atoms with Crippen molar-refractivity contribution in [3.05, 3.63) is 63.1 Å². The average Bonchev–Trinajstić information content (AvgIpc) is 3.35. The van der Waals surface area contributed by atoms with E-state index in [1.807, 2.05) is 10.3 Å². The Morgan fingerprint density at radius 2 is 2.26 bits per heavy atom. The predicted molar refractivity (Wildman–Crippen MR) is 100 cm³/mol. The summed E-state index contributed by atoms with van der Waals surface area (Å²) in [5.41, 5.74) is 0.997. The average molecular weight is 406 g/mol. The normalized spacial score (nSPS) is 17.3. The number of piperidine rings is 1. The molecule has 0 saturated carbocycles. The molecule has 1 aliphatic heterocycles. The summed E-state index contributed by atoms with van der Waals surface area (Å²) >= 11 is 7.63. The zero-order chi connectivity index (χ0) is 18.8. The number of carbonyl (C=O) groups is 1. The molecular weight excluding hydrogens is 389 g/mol. The Hall–Kier alpha value is -2.32. The number of aromatic nitrogens is 4. The van der Waals surface area contributed by atoms with Gasteiger partial charge in [0.25, 0.3) is 5.91 Å². The Morgan fingerprint density at radius 1 is 1.37 bits per heavy atom. The molecule has 0 spiro atoms. The quantitative estimate of drug-likeness (QED) is 0.659. The van der Waals surface area contributed by atoms with Crippen molar-refractivity contribution in [3.8, 4) is 0 Å². The fraction of sp³-hybridized carbons (Fsp3) is 0.333. The fourth-order valence-corrected chi connectivity index (χ4v) is 4.29. The Bertz CT molecular complexity index is 945. The van der Waals surface area contributed by atoms with E-state index in [1.54, 1.807) is 29.8 Å². The maximum absolute atomic E-state index is 13.2. The SMILES string of the molecule is O=C(c1cn(Cc2ccc(F)cc2Cl)nn1)N1CCCC[C@H]1c1nccs1. The van der Waals surface area contributed by atoms with Gasteiger partial charge in [-0.15, -0.1) is 16.4 Å². The van der Waals surface area contributed by atoms with Crippen molar-refractivity contribution in [3.63, 3.8) is 0 Å². The van der Waals surface area contributed by atoms with Crippen molar-refractivity contribution in [1.82, 2.24) is 24.9 Å². The number of halogens is 2. The highest BCUT2D eigenvalue weighted by molar-refractivity contribution is 7.09. The number of nitrogens with zero attached hydrogens (tertiary/aromatic N) is 5. The van der Waals surface area contributed by atoms with E-state index in [9.17, 15) is 9.18 Å². The van der Waals surface area contributed by atoms with Gasteiger partial charge in [0, 0.05) is 23.1 Å². The predicted octanol–water partition coefficient (Wildman–Crippen LogP) is 3.94. The highest BCUT2D eigenvalue weighted by atomic mass is 35.5. The van der Waals surface area contributed by atoms with Gasteiger partial charge >= 0.3 is 0 Å². The first kappa shape index (κ1) is 18.1. The molecule has 0 aliphatic carbocycles. The number of rotatable bonds is 4. The van der Waals surface area contributed by atoms with Gasteiger partial charge in [0.15, 0.2) is 5.69 Å². The van der Waals surface area contributed by atoms with Crippen LogP contribution in [0.3, 0.4) is 0 Å². The van der Waals surface area contributed by atoms with E-state index < -0.39 is 5.82 Å². The second-order valence-corrected chi connectivity index (χ2v) is 7.75. The van der Waals surface area contributed by atoms with Crippen LogP contribution in [0.2, 0.25) is 5.02 Å². The van der Waals surface area contributed by atoms with Crippen molar-refractivity contribution in [1.29, 1.82) is 0 Å². The number of amides is 1. The fourth-order valence-electron chi connectivity index (χ4n) is 3.28. The zero-order valence-corrected chi connectivity index (χ0v) is 16.0. The van der Waals surface area contributed by atoms with Crippen LogP contribution in [0.4, 0.5) is 4.39 Å². The van der Waals surface area contributed by atoms with E-state index in [4.69, 9.17) is 11.6 Å². The molecule has 1 fully saturated rings. The van der Waals surface area contributed by atoms with Gasteiger partial charge < -0.3 is 4.90 Å². The van der Waals surface area contributed by atoms with Crippen LogP contribution in [0, 0.1) is 5.82 Å². The number of hydrogen-bond acceptors (Lipinski definition) is 5. The van der Waals surface area contributed by atoms with Crippen LogP contribution in [0.5, 0.6) is 0 Å². The van der Waals surface area contributed by atoms with E-state index in [-0.39, 0.29) is 17.6 Å². The highest BCUT2D eigenvalue weighted by Crippen LogP contribution is 2.32. The Morgan fingerprint density at radius 3 is 3.04 bits per heavy atom. The van der Waals surface area contributed by atoms with Crippen LogP contribution in [-0.2, 0) is 6.54 Å². The van der Waals surface area contributed by atoms with Crippen LogP contribution in [0.1, 0.15) is 46.4 Å². The summed E-state index contributed by atoms with van der Waals surface area (Å²) in [7, 11) is 0. The van der Waals surface area contributed by atoms with Crippen molar-refractivity contribution in [2.24, 2.45) is 0 Å². The van der Waals surface area contributed by atoms with Gasteiger partial charge in [-0.1, -0.05) is 22.9 Å². The van der Waals surface area contributed by atoms with E-state index in [0.717, 1.165) is 24.3 Å². The maximum atomic E-state index is 13.2. The first-order valence-electron chi connectivity index (χ1n) is 8.66. The van der Waals surface area contributed by atoms with Gasteiger partial charge in [0.1, 0.15) is 10.8 Å². The van der Waals surface area contributed by atoms with Crippen molar-refractivity contribution < 1.29 is 9.18 Å². The summed E-state index contributed by atoms with van der Waals surface area (Å²) < 4.78 is 14.7. The molecule has 9 heteroatoms. The molecule has 0 bridgehead atoms. The third-order valence-electron chi connectivity index (χ3n) is 4.61. The van der Waals surface area contributed by atoms with E-state index >= 15 is 0 Å². The standard InChI is InChI=1S/C18H17ClFN5OS/c19-14-9-13(20)5-4-12(14)10-24-11-15(22-23-24)18(26)25-7-2-1-3-16(25)17-21-6-8-27-17/h4-6,8-9,11,16H,1-3,7,10H2/t16-/m0/s1. The lowest BCUT2D eigenvalue weighted by molar-refractivity contribution is 0.0605. The summed E-state index contributed by atoms with van der Waals surface area (Å²) in [5, 5.41) is 11.3. The summed E-state index contributed by atoms with van der Waals surface area (Å²) in [6, 6.07) is 4.19. The second kappa shape index (κ2) is 7.74. The van der Waals surface area contributed by atoms with Gasteiger partial charge in [0.05, 0.1) is 18.8 Å². The third kappa shape index (κ3) is 3.86. The molecular formula is C18H17ClFN5OS. The van der Waals surface area contributed by atoms with E-state index in [0.29, 0.717) is 23.7 Å². The molecule has 2 aromatic heterocycles.